The Bertz CT molecular complexity index is 1210. The normalized spacial score (nSPS) is 20.7. The molecule has 30 heavy (non-hydrogen) atoms. The second kappa shape index (κ2) is 6.73. The van der Waals surface area contributed by atoms with E-state index in [2.05, 4.69) is 0 Å². The van der Waals surface area contributed by atoms with Gasteiger partial charge >= 0.3 is 5.97 Å². The highest BCUT2D eigenvalue weighted by Gasteiger charge is 2.43. The number of allylic oxidation sites excluding steroid dienone is 4. The average molecular weight is 398 g/mol. The minimum absolute atomic E-state index is 0.00854. The van der Waals surface area contributed by atoms with Crippen molar-refractivity contribution in [1.82, 2.24) is 0 Å². The Labute approximate surface area is 172 Å². The van der Waals surface area contributed by atoms with Crippen molar-refractivity contribution in [2.24, 2.45) is 0 Å². The lowest BCUT2D eigenvalue weighted by Gasteiger charge is -2.36. The van der Waals surface area contributed by atoms with Gasteiger partial charge in [0.25, 0.3) is 0 Å². The molecule has 0 aromatic heterocycles. The lowest BCUT2D eigenvalue weighted by Crippen LogP contribution is -2.33. The summed E-state index contributed by atoms with van der Waals surface area (Å²) in [4.78, 5) is 51.0. The van der Waals surface area contributed by atoms with Crippen molar-refractivity contribution in [3.63, 3.8) is 0 Å². The van der Waals surface area contributed by atoms with Crippen molar-refractivity contribution >= 4 is 23.3 Å². The number of benzene rings is 2. The van der Waals surface area contributed by atoms with Gasteiger partial charge in [0.1, 0.15) is 0 Å². The van der Waals surface area contributed by atoms with Gasteiger partial charge in [-0.15, -0.1) is 0 Å². The van der Waals surface area contributed by atoms with Crippen molar-refractivity contribution in [3.8, 4) is 0 Å². The van der Waals surface area contributed by atoms with Crippen molar-refractivity contribution < 1.29 is 24.3 Å². The molecule has 3 aliphatic carbocycles. The first-order valence-electron chi connectivity index (χ1n) is 9.97. The van der Waals surface area contributed by atoms with Crippen LogP contribution in [0.2, 0.25) is 0 Å². The molecule has 2 aromatic rings. The molecule has 0 amide bonds. The summed E-state index contributed by atoms with van der Waals surface area (Å²) in [5.41, 5.74) is 3.95. The molecule has 0 aliphatic heterocycles. The highest BCUT2D eigenvalue weighted by atomic mass is 16.4. The number of carboxylic acid groups (broad SMARTS) is 1. The molecule has 0 heterocycles. The molecule has 0 spiro atoms. The van der Waals surface area contributed by atoms with Gasteiger partial charge in [-0.1, -0.05) is 42.0 Å². The summed E-state index contributed by atoms with van der Waals surface area (Å²) >= 11 is 0. The van der Waals surface area contributed by atoms with E-state index in [1.165, 1.54) is 12.1 Å². The molecule has 0 bridgehead atoms. The Morgan fingerprint density at radius 3 is 2.17 bits per heavy atom. The average Bonchev–Trinajstić information content (AvgIpc) is 2.76. The predicted octanol–water partition coefficient (Wildman–Crippen LogP) is 4.30. The van der Waals surface area contributed by atoms with Gasteiger partial charge in [-0.05, 0) is 37.0 Å². The SMILES string of the molecule is O=C1CCCC2=C1C(c1ccc(C(=O)O)cc1)C1=C(C2)C(=O)c2ccccc2C1=O. The van der Waals surface area contributed by atoms with E-state index in [0.29, 0.717) is 46.3 Å². The summed E-state index contributed by atoms with van der Waals surface area (Å²) in [6.45, 7) is 0. The monoisotopic (exact) mass is 398 g/mol. The predicted molar refractivity (Wildman–Crippen MR) is 109 cm³/mol. The number of fused-ring (bicyclic) bond motifs is 1. The number of aromatic carboxylic acids is 1. The van der Waals surface area contributed by atoms with Crippen LogP contribution in [0.5, 0.6) is 0 Å². The first-order valence-corrected chi connectivity index (χ1v) is 9.97. The fourth-order valence-corrected chi connectivity index (χ4v) is 4.91. The van der Waals surface area contributed by atoms with Crippen molar-refractivity contribution in [2.75, 3.05) is 0 Å². The summed E-state index contributed by atoms with van der Waals surface area (Å²) in [6.07, 6.45) is 2.22. The molecule has 1 atom stereocenters. The zero-order valence-electron chi connectivity index (χ0n) is 16.1. The van der Waals surface area contributed by atoms with Gasteiger partial charge in [0.05, 0.1) is 5.56 Å². The number of carboxylic acids is 1. The maximum Gasteiger partial charge on any atom is 0.335 e. The van der Waals surface area contributed by atoms with E-state index in [-0.39, 0.29) is 22.9 Å². The second-order valence-corrected chi connectivity index (χ2v) is 7.93. The zero-order chi connectivity index (χ0) is 21.0. The van der Waals surface area contributed by atoms with E-state index in [1.807, 2.05) is 0 Å². The summed E-state index contributed by atoms with van der Waals surface area (Å²) in [6, 6.07) is 13.0. The van der Waals surface area contributed by atoms with Gasteiger partial charge in [0, 0.05) is 40.2 Å². The van der Waals surface area contributed by atoms with Crippen molar-refractivity contribution in [2.45, 2.75) is 31.6 Å². The van der Waals surface area contributed by atoms with Crippen LogP contribution < -0.4 is 0 Å². The Balaban J connectivity index is 1.73. The Morgan fingerprint density at radius 2 is 1.50 bits per heavy atom. The largest absolute Gasteiger partial charge is 0.478 e. The van der Waals surface area contributed by atoms with Gasteiger partial charge in [-0.2, -0.15) is 0 Å². The molecule has 5 heteroatoms. The van der Waals surface area contributed by atoms with Gasteiger partial charge in [0.2, 0.25) is 0 Å². The quantitative estimate of drug-likeness (QED) is 0.815. The first kappa shape index (κ1) is 18.4. The number of hydrogen-bond acceptors (Lipinski definition) is 4. The van der Waals surface area contributed by atoms with Gasteiger partial charge < -0.3 is 5.11 Å². The first-order chi connectivity index (χ1) is 14.5. The summed E-state index contributed by atoms with van der Waals surface area (Å²) in [5, 5.41) is 9.22. The van der Waals surface area contributed by atoms with Crippen LogP contribution in [-0.2, 0) is 4.79 Å². The van der Waals surface area contributed by atoms with E-state index in [0.717, 1.165) is 18.4 Å². The molecule has 0 fully saturated rings. The Hall–Kier alpha value is -3.60. The molecular weight excluding hydrogens is 380 g/mol. The molecule has 0 radical (unpaired) electrons. The molecule has 5 rings (SSSR count). The van der Waals surface area contributed by atoms with Gasteiger partial charge in [-0.3, -0.25) is 14.4 Å². The zero-order valence-corrected chi connectivity index (χ0v) is 16.1. The minimum Gasteiger partial charge on any atom is -0.478 e. The van der Waals surface area contributed by atoms with E-state index < -0.39 is 11.9 Å². The van der Waals surface area contributed by atoms with Crippen LogP contribution in [0.3, 0.4) is 0 Å². The van der Waals surface area contributed by atoms with E-state index in [4.69, 9.17) is 0 Å². The topological polar surface area (TPSA) is 88.5 Å². The smallest absolute Gasteiger partial charge is 0.335 e. The summed E-state index contributed by atoms with van der Waals surface area (Å²) in [5.74, 6) is -2.05. The van der Waals surface area contributed by atoms with Crippen LogP contribution in [0.25, 0.3) is 0 Å². The molecule has 0 saturated carbocycles. The van der Waals surface area contributed by atoms with E-state index >= 15 is 0 Å². The van der Waals surface area contributed by atoms with Crippen molar-refractivity contribution in [3.05, 3.63) is 93.1 Å². The number of ketones is 3. The number of carbonyl (C=O) groups excluding carboxylic acids is 3. The van der Waals surface area contributed by atoms with Crippen LogP contribution in [0, 0.1) is 0 Å². The highest BCUT2D eigenvalue weighted by Crippen LogP contribution is 2.49. The Morgan fingerprint density at radius 1 is 0.833 bits per heavy atom. The lowest BCUT2D eigenvalue weighted by molar-refractivity contribution is -0.116. The number of Topliss-reactive ketones (excluding diaryl/α,β-unsaturated/α-hetero) is 3. The maximum atomic E-state index is 13.5. The molecular formula is C25H18O5. The summed E-state index contributed by atoms with van der Waals surface area (Å²) < 4.78 is 0. The highest BCUT2D eigenvalue weighted by molar-refractivity contribution is 6.28. The fourth-order valence-electron chi connectivity index (χ4n) is 4.91. The van der Waals surface area contributed by atoms with Gasteiger partial charge in [-0.25, -0.2) is 4.79 Å². The second-order valence-electron chi connectivity index (χ2n) is 7.93. The fraction of sp³-hybridized carbons (Fsp3) is 0.200. The number of rotatable bonds is 2. The summed E-state index contributed by atoms with van der Waals surface area (Å²) in [7, 11) is 0. The van der Waals surface area contributed by atoms with E-state index in [1.54, 1.807) is 36.4 Å². The number of hydrogen-bond donors (Lipinski definition) is 1. The van der Waals surface area contributed by atoms with Crippen LogP contribution in [-0.4, -0.2) is 28.4 Å². The number of carbonyl (C=O) groups is 4. The van der Waals surface area contributed by atoms with Crippen LogP contribution in [0.4, 0.5) is 0 Å². The molecule has 1 N–H and O–H groups in total. The Kier molecular flexibility index (Phi) is 4.13. The maximum absolute atomic E-state index is 13.5. The minimum atomic E-state index is -1.04. The van der Waals surface area contributed by atoms with Gasteiger partial charge in [0.15, 0.2) is 17.3 Å². The standard InChI is InChI=1S/C25H18O5/c26-19-7-3-4-15-12-18-22(24(28)17-6-2-1-5-16(17)23(18)27)21(20(15)19)13-8-10-14(11-9-13)25(29)30/h1-2,5-6,8-11,21H,3-4,7,12H2,(H,29,30). The third-order valence-corrected chi connectivity index (χ3v) is 6.28. The van der Waals surface area contributed by atoms with E-state index in [9.17, 15) is 24.3 Å². The van der Waals surface area contributed by atoms with Crippen LogP contribution in [0.15, 0.2) is 70.8 Å². The molecule has 3 aliphatic rings. The molecule has 5 nitrogen and oxygen atoms in total. The van der Waals surface area contributed by atoms with Crippen LogP contribution >= 0.6 is 0 Å². The third-order valence-electron chi connectivity index (χ3n) is 6.28. The molecule has 2 aromatic carbocycles. The lowest BCUT2D eigenvalue weighted by atomic mass is 9.65. The third kappa shape index (κ3) is 2.62. The van der Waals surface area contributed by atoms with Crippen molar-refractivity contribution in [1.29, 1.82) is 0 Å². The molecule has 148 valence electrons. The molecule has 1 unspecified atom stereocenters. The van der Waals surface area contributed by atoms with Crippen LogP contribution in [0.1, 0.15) is 68.2 Å². The molecule has 0 saturated heterocycles.